The molecule has 2 N–H and O–H groups in total. The summed E-state index contributed by atoms with van der Waals surface area (Å²) in [5.74, 6) is -0.108. The van der Waals surface area contributed by atoms with Gasteiger partial charge in [-0.1, -0.05) is 32.6 Å². The molecule has 0 radical (unpaired) electrons. The third kappa shape index (κ3) is 3.48. The van der Waals surface area contributed by atoms with E-state index < -0.39 is 0 Å². The first kappa shape index (κ1) is 15.2. The lowest BCUT2D eigenvalue weighted by Crippen LogP contribution is -2.18. The monoisotopic (exact) mass is 291 g/mol. The van der Waals surface area contributed by atoms with Crippen LogP contribution in [0.3, 0.4) is 0 Å². The number of esters is 1. The second-order valence-electron chi connectivity index (χ2n) is 4.98. The van der Waals surface area contributed by atoms with E-state index in [0.29, 0.717) is 17.9 Å². The molecule has 0 saturated carbocycles. The number of methoxy groups -OCH3 is 1. The first-order valence-electron chi connectivity index (χ1n) is 7.22. The second-order valence-corrected chi connectivity index (χ2v) is 4.98. The van der Waals surface area contributed by atoms with Gasteiger partial charge in [0.1, 0.15) is 0 Å². The highest BCUT2D eigenvalue weighted by Crippen LogP contribution is 2.24. The third-order valence-electron chi connectivity index (χ3n) is 3.48. The number of aromatic nitrogens is 4. The zero-order valence-electron chi connectivity index (χ0n) is 12.5. The Bertz CT molecular complexity index is 610. The van der Waals surface area contributed by atoms with E-state index in [-0.39, 0.29) is 17.8 Å². The molecule has 0 aromatic carbocycles. The van der Waals surface area contributed by atoms with Gasteiger partial charge in [0.05, 0.1) is 18.7 Å². The van der Waals surface area contributed by atoms with E-state index in [4.69, 9.17) is 10.5 Å². The summed E-state index contributed by atoms with van der Waals surface area (Å²) in [6, 6.07) is 1.77. The van der Waals surface area contributed by atoms with Crippen molar-refractivity contribution in [3.8, 4) is 0 Å². The number of rotatable bonds is 7. The predicted molar refractivity (Wildman–Crippen MR) is 78.7 cm³/mol. The molecule has 0 amide bonds. The first-order chi connectivity index (χ1) is 10.2. The average Bonchev–Trinajstić information content (AvgIpc) is 2.87. The minimum atomic E-state index is -0.376. The number of carbonyl (C=O) groups excluding carboxylic acids is 1. The maximum Gasteiger partial charge on any atom is 0.314 e. The fourth-order valence-corrected chi connectivity index (χ4v) is 2.39. The summed E-state index contributed by atoms with van der Waals surface area (Å²) in [7, 11) is 1.40. The Balaban J connectivity index is 2.27. The van der Waals surface area contributed by atoms with Crippen molar-refractivity contribution in [2.75, 3.05) is 12.8 Å². The number of hydrogen-bond donors (Lipinski definition) is 1. The molecule has 2 aromatic heterocycles. The number of nitrogens with zero attached hydrogens (tertiary/aromatic N) is 4. The molecule has 0 fully saturated rings. The molecule has 7 nitrogen and oxygen atoms in total. The van der Waals surface area contributed by atoms with Crippen LogP contribution in [0.15, 0.2) is 12.3 Å². The number of ether oxygens (including phenoxy) is 1. The summed E-state index contributed by atoms with van der Waals surface area (Å²) in [5, 5.41) is 4.11. The molecule has 0 aliphatic carbocycles. The van der Waals surface area contributed by atoms with Crippen LogP contribution in [0, 0.1) is 0 Å². The Kier molecular flexibility index (Phi) is 5.08. The summed E-state index contributed by atoms with van der Waals surface area (Å²) < 4.78 is 6.45. The van der Waals surface area contributed by atoms with Crippen LogP contribution in [0.2, 0.25) is 0 Å². The van der Waals surface area contributed by atoms with Gasteiger partial charge in [-0.05, 0) is 12.5 Å². The van der Waals surface area contributed by atoms with Gasteiger partial charge in [-0.2, -0.15) is 9.50 Å². The molecular weight excluding hydrogens is 270 g/mol. The van der Waals surface area contributed by atoms with Gasteiger partial charge in [0.25, 0.3) is 5.78 Å². The first-order valence-corrected chi connectivity index (χ1v) is 7.22. The van der Waals surface area contributed by atoms with Gasteiger partial charge >= 0.3 is 5.97 Å². The van der Waals surface area contributed by atoms with E-state index in [1.165, 1.54) is 11.6 Å². The lowest BCUT2D eigenvalue weighted by atomic mass is 9.97. The van der Waals surface area contributed by atoms with E-state index in [2.05, 4.69) is 22.0 Å². The minimum absolute atomic E-state index is 0.143. The summed E-state index contributed by atoms with van der Waals surface area (Å²) >= 11 is 0. The van der Waals surface area contributed by atoms with Crippen LogP contribution in [0.4, 0.5) is 5.95 Å². The van der Waals surface area contributed by atoms with Crippen molar-refractivity contribution in [3.63, 3.8) is 0 Å². The van der Waals surface area contributed by atoms with Gasteiger partial charge in [0, 0.05) is 6.20 Å². The largest absolute Gasteiger partial charge is 0.469 e. The van der Waals surface area contributed by atoms with Crippen LogP contribution < -0.4 is 5.73 Å². The van der Waals surface area contributed by atoms with Crippen LogP contribution in [0.25, 0.3) is 5.78 Å². The Hall–Kier alpha value is -2.18. The van der Waals surface area contributed by atoms with E-state index in [1.807, 2.05) is 0 Å². The quantitative estimate of drug-likeness (QED) is 0.618. The molecule has 0 saturated heterocycles. The summed E-state index contributed by atoms with van der Waals surface area (Å²) in [6.07, 6.45) is 6.70. The predicted octanol–water partition coefficient (Wildman–Crippen LogP) is 1.93. The van der Waals surface area contributed by atoms with E-state index in [0.717, 1.165) is 25.7 Å². The molecule has 114 valence electrons. The maximum absolute atomic E-state index is 12.1. The zero-order valence-corrected chi connectivity index (χ0v) is 12.5. The number of anilines is 1. The smallest absolute Gasteiger partial charge is 0.314 e. The molecule has 2 heterocycles. The number of nitrogens with two attached hydrogens (primary N) is 1. The van der Waals surface area contributed by atoms with Gasteiger partial charge in [-0.3, -0.25) is 4.79 Å². The summed E-state index contributed by atoms with van der Waals surface area (Å²) in [6.45, 7) is 2.16. The molecule has 21 heavy (non-hydrogen) atoms. The van der Waals surface area contributed by atoms with Gasteiger partial charge < -0.3 is 10.5 Å². The number of hydrogen-bond acceptors (Lipinski definition) is 6. The van der Waals surface area contributed by atoms with Crippen molar-refractivity contribution in [1.82, 2.24) is 19.6 Å². The summed E-state index contributed by atoms with van der Waals surface area (Å²) in [5.41, 5.74) is 6.32. The zero-order chi connectivity index (χ0) is 15.2. The molecule has 2 aromatic rings. The molecule has 0 aliphatic heterocycles. The highest BCUT2D eigenvalue weighted by molar-refractivity contribution is 5.77. The van der Waals surface area contributed by atoms with Crippen LogP contribution in [-0.4, -0.2) is 32.7 Å². The standard InChI is InChI=1S/C14H21N5O2/c1-3-4-5-6-7-10(12(20)21-2)11-8-9-16-14-17-13(15)18-19(11)14/h8-10H,3-7H2,1-2H3,(H2,15,18)/t10-/m0/s1. The Labute approximate surface area is 123 Å². The molecule has 7 heteroatoms. The molecule has 0 unspecified atom stereocenters. The molecule has 0 bridgehead atoms. The van der Waals surface area contributed by atoms with Gasteiger partial charge in [0.15, 0.2) is 0 Å². The number of unbranched alkanes of at least 4 members (excludes halogenated alkanes) is 3. The van der Waals surface area contributed by atoms with Crippen molar-refractivity contribution in [1.29, 1.82) is 0 Å². The van der Waals surface area contributed by atoms with Gasteiger partial charge in [0.2, 0.25) is 5.95 Å². The van der Waals surface area contributed by atoms with Crippen LogP contribution in [0.5, 0.6) is 0 Å². The molecule has 1 atom stereocenters. The lowest BCUT2D eigenvalue weighted by molar-refractivity contribution is -0.142. The van der Waals surface area contributed by atoms with Gasteiger partial charge in [-0.15, -0.1) is 5.10 Å². The van der Waals surface area contributed by atoms with Crippen LogP contribution in [-0.2, 0) is 9.53 Å². The topological polar surface area (TPSA) is 95.4 Å². The van der Waals surface area contributed by atoms with Crippen molar-refractivity contribution in [2.24, 2.45) is 0 Å². The lowest BCUT2D eigenvalue weighted by Gasteiger charge is -2.15. The molecular formula is C14H21N5O2. The average molecular weight is 291 g/mol. The molecule has 0 aliphatic rings. The van der Waals surface area contributed by atoms with Crippen molar-refractivity contribution in [2.45, 2.75) is 44.9 Å². The molecule has 0 spiro atoms. The van der Waals surface area contributed by atoms with Crippen LogP contribution in [0.1, 0.15) is 50.6 Å². The Morgan fingerprint density at radius 2 is 2.24 bits per heavy atom. The van der Waals surface area contributed by atoms with Crippen molar-refractivity contribution >= 4 is 17.7 Å². The fraction of sp³-hybridized carbons (Fsp3) is 0.571. The van der Waals surface area contributed by atoms with E-state index in [1.54, 1.807) is 12.3 Å². The highest BCUT2D eigenvalue weighted by atomic mass is 16.5. The second kappa shape index (κ2) is 7.01. The van der Waals surface area contributed by atoms with E-state index >= 15 is 0 Å². The van der Waals surface area contributed by atoms with Crippen molar-refractivity contribution in [3.05, 3.63) is 18.0 Å². The number of nitrogen functional groups attached to an aromatic ring is 1. The highest BCUT2D eigenvalue weighted by Gasteiger charge is 2.24. The Morgan fingerprint density at radius 3 is 2.95 bits per heavy atom. The molecule has 2 rings (SSSR count). The van der Waals surface area contributed by atoms with Crippen LogP contribution >= 0.6 is 0 Å². The van der Waals surface area contributed by atoms with Crippen molar-refractivity contribution < 1.29 is 9.53 Å². The normalized spacial score (nSPS) is 12.5. The third-order valence-corrected chi connectivity index (χ3v) is 3.48. The number of fused-ring (bicyclic) bond motifs is 1. The Morgan fingerprint density at radius 1 is 1.43 bits per heavy atom. The maximum atomic E-state index is 12.1. The SMILES string of the molecule is CCCCCC[C@H](C(=O)OC)c1ccnc2nc(N)nn12. The van der Waals surface area contributed by atoms with E-state index in [9.17, 15) is 4.79 Å². The van der Waals surface area contributed by atoms with Gasteiger partial charge in [-0.25, -0.2) is 4.98 Å². The fourth-order valence-electron chi connectivity index (χ4n) is 2.39. The number of carbonyl (C=O) groups is 1. The summed E-state index contributed by atoms with van der Waals surface area (Å²) in [4.78, 5) is 20.2. The minimum Gasteiger partial charge on any atom is -0.469 e.